The molecule has 1 aliphatic heterocycles. The van der Waals surface area contributed by atoms with Crippen LogP contribution in [0.3, 0.4) is 0 Å². The predicted octanol–water partition coefficient (Wildman–Crippen LogP) is 2.37. The molecule has 3 amide bonds. The summed E-state index contributed by atoms with van der Waals surface area (Å²) in [5, 5.41) is 12.2. The minimum atomic E-state index is -0.300. The van der Waals surface area contributed by atoms with Gasteiger partial charge in [-0.15, -0.1) is 0 Å². The maximum Gasteiger partial charge on any atom is 0.319 e. The van der Waals surface area contributed by atoms with E-state index in [1.165, 1.54) is 6.20 Å². The Hall–Kier alpha value is -3.14. The van der Waals surface area contributed by atoms with Crippen LogP contribution >= 0.6 is 11.6 Å². The zero-order valence-electron chi connectivity index (χ0n) is 16.9. The van der Waals surface area contributed by atoms with Crippen LogP contribution < -0.4 is 26.2 Å². The SMILES string of the molecule is Cc1nc(N[C@H]2C[C@H](NC(=O)Nc3ccc(Cl)nc3)C2)nc2c1NC(=O)[C@H](C)N2C. The van der Waals surface area contributed by atoms with Gasteiger partial charge in [0.1, 0.15) is 16.9 Å². The molecule has 30 heavy (non-hydrogen) atoms. The number of pyridine rings is 1. The highest BCUT2D eigenvalue weighted by Crippen LogP contribution is 2.33. The number of nitrogens with zero attached hydrogens (tertiary/aromatic N) is 4. The molecule has 0 unspecified atom stereocenters. The highest BCUT2D eigenvalue weighted by atomic mass is 35.5. The van der Waals surface area contributed by atoms with Gasteiger partial charge in [-0.3, -0.25) is 4.79 Å². The van der Waals surface area contributed by atoms with Crippen LogP contribution in [0.1, 0.15) is 25.5 Å². The van der Waals surface area contributed by atoms with Gasteiger partial charge in [0.15, 0.2) is 5.82 Å². The lowest BCUT2D eigenvalue weighted by atomic mass is 9.87. The molecule has 0 radical (unpaired) electrons. The van der Waals surface area contributed by atoms with E-state index in [2.05, 4.69) is 36.2 Å². The van der Waals surface area contributed by atoms with Crippen molar-refractivity contribution in [3.8, 4) is 0 Å². The van der Waals surface area contributed by atoms with E-state index in [0.29, 0.717) is 34.0 Å². The van der Waals surface area contributed by atoms with Crippen molar-refractivity contribution in [1.82, 2.24) is 20.3 Å². The smallest absolute Gasteiger partial charge is 0.319 e. The number of hydrogen-bond donors (Lipinski definition) is 4. The molecule has 10 nitrogen and oxygen atoms in total. The summed E-state index contributed by atoms with van der Waals surface area (Å²) in [5.41, 5.74) is 1.93. The van der Waals surface area contributed by atoms with Gasteiger partial charge in [0.2, 0.25) is 11.9 Å². The van der Waals surface area contributed by atoms with Gasteiger partial charge in [0.25, 0.3) is 0 Å². The standard InChI is InChI=1S/C19H23ClN8O2/c1-9-15-16(28(3)10(2)17(29)26-15)27-18(22-9)23-12-6-13(7-12)25-19(30)24-11-4-5-14(20)21-8-11/h4-5,8,10,12-13H,6-7H2,1-3H3,(H,26,29)(H,22,23,27)(H2,24,25,30)/t10-,12-,13-/m0/s1. The van der Waals surface area contributed by atoms with Gasteiger partial charge in [-0.05, 0) is 38.8 Å². The normalized spacial score (nSPS) is 22.5. The van der Waals surface area contributed by atoms with E-state index in [0.717, 1.165) is 12.8 Å². The Morgan fingerprint density at radius 1 is 1.27 bits per heavy atom. The molecule has 0 spiro atoms. The fraction of sp³-hybridized carbons (Fsp3) is 0.421. The first-order chi connectivity index (χ1) is 14.3. The summed E-state index contributed by atoms with van der Waals surface area (Å²) in [6.45, 7) is 3.67. The lowest BCUT2D eigenvalue weighted by Crippen LogP contribution is -2.51. The van der Waals surface area contributed by atoms with Gasteiger partial charge < -0.3 is 26.2 Å². The molecule has 0 saturated heterocycles. The zero-order chi connectivity index (χ0) is 21.4. The number of urea groups is 1. The molecule has 2 aromatic rings. The highest BCUT2D eigenvalue weighted by Gasteiger charge is 2.33. The predicted molar refractivity (Wildman–Crippen MR) is 115 cm³/mol. The average molecular weight is 431 g/mol. The Morgan fingerprint density at radius 2 is 2.03 bits per heavy atom. The van der Waals surface area contributed by atoms with Gasteiger partial charge in [-0.25, -0.2) is 14.8 Å². The first-order valence-electron chi connectivity index (χ1n) is 9.68. The maximum atomic E-state index is 12.1. The van der Waals surface area contributed by atoms with Crippen molar-refractivity contribution in [1.29, 1.82) is 0 Å². The van der Waals surface area contributed by atoms with E-state index in [4.69, 9.17) is 11.6 Å². The molecule has 158 valence electrons. The lowest BCUT2D eigenvalue weighted by Gasteiger charge is -2.37. The van der Waals surface area contributed by atoms with E-state index in [1.807, 2.05) is 25.8 Å². The fourth-order valence-corrected chi connectivity index (χ4v) is 3.56. The molecule has 1 atom stereocenters. The third-order valence-corrected chi connectivity index (χ3v) is 5.63. The number of anilines is 4. The van der Waals surface area contributed by atoms with Crippen molar-refractivity contribution in [3.05, 3.63) is 29.2 Å². The molecular formula is C19H23ClN8O2. The van der Waals surface area contributed by atoms with Crippen LogP contribution in [0.5, 0.6) is 0 Å². The molecule has 4 N–H and O–H groups in total. The van der Waals surface area contributed by atoms with Gasteiger partial charge in [0.05, 0.1) is 17.6 Å². The summed E-state index contributed by atoms with van der Waals surface area (Å²) >= 11 is 5.74. The van der Waals surface area contributed by atoms with Crippen molar-refractivity contribution in [3.63, 3.8) is 0 Å². The van der Waals surface area contributed by atoms with E-state index >= 15 is 0 Å². The number of carbonyl (C=O) groups is 2. The van der Waals surface area contributed by atoms with Crippen LogP contribution in [0, 0.1) is 6.92 Å². The molecule has 1 aliphatic carbocycles. The second-order valence-electron chi connectivity index (χ2n) is 7.59. The summed E-state index contributed by atoms with van der Waals surface area (Å²) in [5.74, 6) is 1.14. The molecule has 0 bridgehead atoms. The minimum absolute atomic E-state index is 0.0588. The largest absolute Gasteiger partial charge is 0.351 e. The zero-order valence-corrected chi connectivity index (χ0v) is 17.6. The Kier molecular flexibility index (Phi) is 5.33. The number of nitrogens with one attached hydrogen (secondary N) is 4. The summed E-state index contributed by atoms with van der Waals surface area (Å²) in [6, 6.07) is 2.94. The van der Waals surface area contributed by atoms with Crippen LogP contribution in [0.2, 0.25) is 5.15 Å². The number of fused-ring (bicyclic) bond motifs is 1. The first kappa shape index (κ1) is 20.1. The van der Waals surface area contributed by atoms with E-state index in [-0.39, 0.29) is 30.1 Å². The Balaban J connectivity index is 1.31. The number of likely N-dealkylation sites (N-methyl/N-ethyl adjacent to an activating group) is 1. The number of aryl methyl sites for hydroxylation is 1. The number of hydrogen-bond acceptors (Lipinski definition) is 7. The van der Waals surface area contributed by atoms with E-state index < -0.39 is 0 Å². The number of halogens is 1. The van der Waals surface area contributed by atoms with Crippen LogP contribution in [0.15, 0.2) is 18.3 Å². The van der Waals surface area contributed by atoms with Crippen LogP contribution in [0.25, 0.3) is 0 Å². The van der Waals surface area contributed by atoms with Gasteiger partial charge in [-0.2, -0.15) is 4.98 Å². The number of carbonyl (C=O) groups excluding carboxylic acids is 2. The lowest BCUT2D eigenvalue weighted by molar-refractivity contribution is -0.117. The molecule has 1 saturated carbocycles. The van der Waals surface area contributed by atoms with Gasteiger partial charge in [-0.1, -0.05) is 11.6 Å². The summed E-state index contributed by atoms with van der Waals surface area (Å²) < 4.78 is 0. The van der Waals surface area contributed by atoms with Crippen molar-refractivity contribution in [2.75, 3.05) is 27.9 Å². The summed E-state index contributed by atoms with van der Waals surface area (Å²) in [7, 11) is 1.84. The maximum absolute atomic E-state index is 12.1. The molecule has 2 aliphatic rings. The molecular weight excluding hydrogens is 408 g/mol. The van der Waals surface area contributed by atoms with Gasteiger partial charge >= 0.3 is 6.03 Å². The topological polar surface area (TPSA) is 124 Å². The molecule has 4 rings (SSSR count). The second-order valence-corrected chi connectivity index (χ2v) is 7.97. The Labute approximate surface area is 178 Å². The second kappa shape index (κ2) is 7.94. The van der Waals surface area contributed by atoms with Gasteiger partial charge in [0, 0.05) is 19.1 Å². The third-order valence-electron chi connectivity index (χ3n) is 5.41. The molecule has 0 aromatic carbocycles. The van der Waals surface area contributed by atoms with E-state index in [1.54, 1.807) is 12.1 Å². The first-order valence-corrected chi connectivity index (χ1v) is 10.1. The summed E-state index contributed by atoms with van der Waals surface area (Å²) in [6.07, 6.45) is 3.02. The van der Waals surface area contributed by atoms with Crippen molar-refractivity contribution < 1.29 is 9.59 Å². The molecule has 3 heterocycles. The minimum Gasteiger partial charge on any atom is -0.351 e. The third kappa shape index (κ3) is 4.09. The number of amides is 3. The highest BCUT2D eigenvalue weighted by molar-refractivity contribution is 6.29. The summed E-state index contributed by atoms with van der Waals surface area (Å²) in [4.78, 5) is 38.9. The molecule has 2 aromatic heterocycles. The monoisotopic (exact) mass is 430 g/mol. The fourth-order valence-electron chi connectivity index (χ4n) is 3.45. The Bertz CT molecular complexity index is 977. The average Bonchev–Trinajstić information content (AvgIpc) is 2.67. The van der Waals surface area contributed by atoms with Crippen LogP contribution in [0.4, 0.5) is 27.9 Å². The van der Waals surface area contributed by atoms with Crippen molar-refractivity contribution in [2.24, 2.45) is 0 Å². The van der Waals surface area contributed by atoms with Crippen LogP contribution in [-0.4, -0.2) is 52.1 Å². The molecule has 1 fully saturated rings. The Morgan fingerprint density at radius 3 is 2.73 bits per heavy atom. The van der Waals surface area contributed by atoms with E-state index in [9.17, 15) is 9.59 Å². The quantitative estimate of drug-likeness (QED) is 0.549. The molecule has 11 heteroatoms. The van der Waals surface area contributed by atoms with Crippen molar-refractivity contribution in [2.45, 2.75) is 44.8 Å². The van der Waals surface area contributed by atoms with Crippen LogP contribution in [-0.2, 0) is 4.79 Å². The van der Waals surface area contributed by atoms with Crippen molar-refractivity contribution >= 4 is 46.7 Å². The number of aromatic nitrogens is 3. The number of rotatable bonds is 4.